The van der Waals surface area contributed by atoms with E-state index in [2.05, 4.69) is 20.9 Å². The number of halogens is 1. The lowest BCUT2D eigenvalue weighted by atomic mass is 10.0. The topological polar surface area (TPSA) is 43.8 Å². The molecule has 0 aromatic carbocycles. The van der Waals surface area contributed by atoms with Crippen LogP contribution in [0.3, 0.4) is 0 Å². The van der Waals surface area contributed by atoms with Gasteiger partial charge < -0.3 is 10.3 Å². The third-order valence-electron chi connectivity index (χ3n) is 3.63. The average molecular weight is 286 g/mol. The zero-order valence-electron chi connectivity index (χ0n) is 9.88. The van der Waals surface area contributed by atoms with Gasteiger partial charge in [0.15, 0.2) is 0 Å². The van der Waals surface area contributed by atoms with E-state index in [-0.39, 0.29) is 0 Å². The number of nitrogens with zero attached hydrogens (tertiary/aromatic N) is 2. The lowest BCUT2D eigenvalue weighted by Crippen LogP contribution is -2.04. The van der Waals surface area contributed by atoms with E-state index in [9.17, 15) is 0 Å². The minimum Gasteiger partial charge on any atom is -0.325 e. The van der Waals surface area contributed by atoms with Crippen molar-refractivity contribution in [2.24, 2.45) is 18.7 Å². The summed E-state index contributed by atoms with van der Waals surface area (Å²) >= 11 is 3.60. The van der Waals surface area contributed by atoms with Gasteiger partial charge in [0.2, 0.25) is 0 Å². The highest BCUT2D eigenvalue weighted by atomic mass is 79.9. The van der Waals surface area contributed by atoms with E-state index < -0.39 is 0 Å². The second-order valence-electron chi connectivity index (χ2n) is 4.72. The van der Waals surface area contributed by atoms with Gasteiger partial charge in [-0.1, -0.05) is 25.7 Å². The molecule has 16 heavy (non-hydrogen) atoms. The van der Waals surface area contributed by atoms with E-state index >= 15 is 0 Å². The Kier molecular flexibility index (Phi) is 4.03. The van der Waals surface area contributed by atoms with Gasteiger partial charge in [0, 0.05) is 7.05 Å². The van der Waals surface area contributed by atoms with Crippen molar-refractivity contribution in [1.29, 1.82) is 0 Å². The summed E-state index contributed by atoms with van der Waals surface area (Å²) in [6.45, 7) is 0.512. The second kappa shape index (κ2) is 5.32. The molecule has 0 amide bonds. The number of nitrogens with two attached hydrogens (primary N) is 1. The summed E-state index contributed by atoms with van der Waals surface area (Å²) in [7, 11) is 2.01. The van der Waals surface area contributed by atoms with Crippen LogP contribution in [0.15, 0.2) is 4.60 Å². The maximum absolute atomic E-state index is 5.65. The van der Waals surface area contributed by atoms with Crippen molar-refractivity contribution in [3.63, 3.8) is 0 Å². The van der Waals surface area contributed by atoms with E-state index in [0.29, 0.717) is 6.54 Å². The molecule has 1 aromatic heterocycles. The molecule has 0 atom stereocenters. The molecule has 1 aliphatic carbocycles. The van der Waals surface area contributed by atoms with Gasteiger partial charge in [-0.15, -0.1) is 0 Å². The fraction of sp³-hybridized carbons (Fsp3) is 0.750. The first kappa shape index (κ1) is 12.1. The van der Waals surface area contributed by atoms with Gasteiger partial charge in [0.1, 0.15) is 10.4 Å². The van der Waals surface area contributed by atoms with Crippen molar-refractivity contribution in [3.8, 4) is 0 Å². The van der Waals surface area contributed by atoms with Crippen molar-refractivity contribution < 1.29 is 0 Å². The number of aromatic nitrogens is 2. The molecule has 90 valence electrons. The first-order valence-electron chi connectivity index (χ1n) is 6.12. The van der Waals surface area contributed by atoms with Crippen LogP contribution in [0.2, 0.25) is 0 Å². The Balaban J connectivity index is 1.98. The Morgan fingerprint density at radius 1 is 1.44 bits per heavy atom. The molecule has 2 rings (SSSR count). The second-order valence-corrected chi connectivity index (χ2v) is 5.47. The van der Waals surface area contributed by atoms with Crippen LogP contribution >= 0.6 is 15.9 Å². The van der Waals surface area contributed by atoms with Gasteiger partial charge in [-0.2, -0.15) is 0 Å². The highest BCUT2D eigenvalue weighted by molar-refractivity contribution is 9.10. The monoisotopic (exact) mass is 285 g/mol. The highest BCUT2D eigenvalue weighted by Gasteiger charge is 2.17. The van der Waals surface area contributed by atoms with Gasteiger partial charge >= 0.3 is 0 Å². The summed E-state index contributed by atoms with van der Waals surface area (Å²) < 4.78 is 3.15. The molecule has 1 aliphatic rings. The zero-order chi connectivity index (χ0) is 11.5. The third-order valence-corrected chi connectivity index (χ3v) is 4.62. The zero-order valence-corrected chi connectivity index (χ0v) is 11.5. The van der Waals surface area contributed by atoms with Crippen LogP contribution < -0.4 is 5.73 Å². The Hall–Kier alpha value is -0.350. The van der Waals surface area contributed by atoms with Gasteiger partial charge in [-0.3, -0.25) is 0 Å². The van der Waals surface area contributed by atoms with E-state index in [4.69, 9.17) is 5.73 Å². The van der Waals surface area contributed by atoms with Gasteiger partial charge in [0.05, 0.1) is 12.2 Å². The Morgan fingerprint density at radius 3 is 2.69 bits per heavy atom. The fourth-order valence-corrected chi connectivity index (χ4v) is 3.06. The molecule has 2 N–H and O–H groups in total. The predicted molar refractivity (Wildman–Crippen MR) is 69.1 cm³/mol. The Labute approximate surface area is 106 Å². The van der Waals surface area contributed by atoms with Gasteiger partial charge in [0.25, 0.3) is 0 Å². The number of aryl methyl sites for hydroxylation is 1. The average Bonchev–Trinajstić information content (AvgIpc) is 2.88. The minimum atomic E-state index is 0.512. The lowest BCUT2D eigenvalue weighted by Gasteiger charge is -2.06. The lowest BCUT2D eigenvalue weighted by molar-refractivity contribution is 0.500. The minimum absolute atomic E-state index is 0.512. The van der Waals surface area contributed by atoms with Crippen LogP contribution in [0.1, 0.15) is 43.6 Å². The van der Waals surface area contributed by atoms with Crippen LogP contribution in [0.25, 0.3) is 0 Å². The first-order valence-corrected chi connectivity index (χ1v) is 6.91. The molecule has 0 radical (unpaired) electrons. The van der Waals surface area contributed by atoms with Crippen LogP contribution in [-0.2, 0) is 20.0 Å². The molecule has 0 saturated heterocycles. The van der Waals surface area contributed by atoms with Gasteiger partial charge in [-0.25, -0.2) is 4.98 Å². The Morgan fingerprint density at radius 2 is 2.12 bits per heavy atom. The maximum Gasteiger partial charge on any atom is 0.123 e. The molecule has 4 heteroatoms. The summed E-state index contributed by atoms with van der Waals surface area (Å²) in [6, 6.07) is 0. The summed E-state index contributed by atoms with van der Waals surface area (Å²) in [5, 5.41) is 0. The van der Waals surface area contributed by atoms with Crippen LogP contribution in [0.4, 0.5) is 0 Å². The number of rotatable bonds is 4. The SMILES string of the molecule is Cn1c(CN)nc(CCC2CCCC2)c1Br. The maximum atomic E-state index is 5.65. The molecular weight excluding hydrogens is 266 g/mol. The molecule has 0 aliphatic heterocycles. The molecular formula is C12H20BrN3. The van der Waals surface area contributed by atoms with Crippen LogP contribution in [0, 0.1) is 5.92 Å². The molecule has 1 fully saturated rings. The molecule has 0 bridgehead atoms. The number of hydrogen-bond acceptors (Lipinski definition) is 2. The van der Waals surface area contributed by atoms with Crippen molar-refractivity contribution in [1.82, 2.24) is 9.55 Å². The van der Waals surface area contributed by atoms with Crippen molar-refractivity contribution in [3.05, 3.63) is 16.1 Å². The molecule has 0 unspecified atom stereocenters. The number of hydrogen-bond donors (Lipinski definition) is 1. The van der Waals surface area contributed by atoms with Gasteiger partial charge in [-0.05, 0) is 34.7 Å². The quantitative estimate of drug-likeness (QED) is 0.925. The normalized spacial score (nSPS) is 17.2. The van der Waals surface area contributed by atoms with Crippen molar-refractivity contribution >= 4 is 15.9 Å². The molecule has 1 aromatic rings. The van der Waals surface area contributed by atoms with E-state index in [1.54, 1.807) is 0 Å². The fourth-order valence-electron chi connectivity index (χ4n) is 2.57. The smallest absolute Gasteiger partial charge is 0.123 e. The standard InChI is InChI=1S/C12H20BrN3/c1-16-11(8-14)15-10(12(16)13)7-6-9-4-2-3-5-9/h9H,2-8,14H2,1H3. The summed E-state index contributed by atoms with van der Waals surface area (Å²) in [6.07, 6.45) is 8.02. The van der Waals surface area contributed by atoms with E-state index in [0.717, 1.165) is 22.8 Å². The third kappa shape index (κ3) is 2.48. The van der Waals surface area contributed by atoms with E-state index in [1.807, 2.05) is 11.6 Å². The molecule has 0 spiro atoms. The molecule has 1 heterocycles. The van der Waals surface area contributed by atoms with Crippen LogP contribution in [0.5, 0.6) is 0 Å². The van der Waals surface area contributed by atoms with Crippen LogP contribution in [-0.4, -0.2) is 9.55 Å². The van der Waals surface area contributed by atoms with Crippen molar-refractivity contribution in [2.45, 2.75) is 45.1 Å². The Bertz CT molecular complexity index is 353. The summed E-state index contributed by atoms with van der Waals surface area (Å²) in [5.74, 6) is 1.89. The molecule has 3 nitrogen and oxygen atoms in total. The largest absolute Gasteiger partial charge is 0.325 e. The molecule has 1 saturated carbocycles. The summed E-state index contributed by atoms with van der Waals surface area (Å²) in [4.78, 5) is 4.58. The highest BCUT2D eigenvalue weighted by Crippen LogP contribution is 2.29. The first-order chi connectivity index (χ1) is 7.72. The van der Waals surface area contributed by atoms with E-state index in [1.165, 1.54) is 37.8 Å². The summed E-state index contributed by atoms with van der Waals surface area (Å²) in [5.41, 5.74) is 6.82. The van der Waals surface area contributed by atoms with Crippen molar-refractivity contribution in [2.75, 3.05) is 0 Å². The number of imidazole rings is 1. The predicted octanol–water partition coefficient (Wildman–Crippen LogP) is 2.76.